The summed E-state index contributed by atoms with van der Waals surface area (Å²) in [6.45, 7) is 8.05. The van der Waals surface area contributed by atoms with Gasteiger partial charge < -0.3 is 10.5 Å². The molecule has 1 saturated heterocycles. The van der Waals surface area contributed by atoms with Crippen molar-refractivity contribution in [3.63, 3.8) is 0 Å². The molecule has 112 valence electrons. The van der Waals surface area contributed by atoms with Gasteiger partial charge in [-0.2, -0.15) is 5.06 Å². The highest BCUT2D eigenvalue weighted by molar-refractivity contribution is 9.09. The maximum absolute atomic E-state index is 11.9. The number of hydrogen-bond donors (Lipinski definition) is 2. The minimum absolute atomic E-state index is 0.129. The number of hydroxylamine groups is 2. The number of alkyl halides is 1. The fraction of sp³-hybridized carbons (Fsp3) is 0.929. The lowest BCUT2D eigenvalue weighted by Crippen LogP contribution is -2.62. The summed E-state index contributed by atoms with van der Waals surface area (Å²) in [6.07, 6.45) is 4.09. The quantitative estimate of drug-likeness (QED) is 0.600. The van der Waals surface area contributed by atoms with Crippen molar-refractivity contribution < 1.29 is 10.0 Å². The van der Waals surface area contributed by atoms with Crippen LogP contribution in [-0.4, -0.2) is 38.6 Å². The highest BCUT2D eigenvalue weighted by Gasteiger charge is 2.45. The lowest BCUT2D eigenvalue weighted by Gasteiger charge is -2.51. The maximum atomic E-state index is 11.9. The fourth-order valence-electron chi connectivity index (χ4n) is 3.05. The van der Waals surface area contributed by atoms with Crippen LogP contribution in [-0.2, 0) is 4.79 Å². The zero-order valence-corrected chi connectivity index (χ0v) is 14.1. The Kier molecular flexibility index (Phi) is 5.83. The minimum atomic E-state index is -0.310. The van der Waals surface area contributed by atoms with Crippen molar-refractivity contribution in [3.8, 4) is 0 Å². The molecule has 0 bridgehead atoms. The molecule has 19 heavy (non-hydrogen) atoms. The molecule has 1 aliphatic heterocycles. The number of halogens is 1. The summed E-state index contributed by atoms with van der Waals surface area (Å²) in [5, 5.41) is 15.7. The molecular weight excluding hydrogens is 308 g/mol. The van der Waals surface area contributed by atoms with E-state index < -0.39 is 0 Å². The summed E-state index contributed by atoms with van der Waals surface area (Å²) in [5.41, 5.74) is -0.620. The van der Waals surface area contributed by atoms with Gasteiger partial charge in [0.1, 0.15) is 0 Å². The SMILES string of the molecule is CC1(C)CC(NC(=O)CCCCBr)CC(C)(C)N1O. The fourth-order valence-corrected chi connectivity index (χ4v) is 3.45. The second kappa shape index (κ2) is 6.55. The van der Waals surface area contributed by atoms with Gasteiger partial charge in [0.2, 0.25) is 5.91 Å². The molecule has 0 aromatic carbocycles. The zero-order valence-electron chi connectivity index (χ0n) is 12.5. The molecule has 0 saturated carbocycles. The van der Waals surface area contributed by atoms with Crippen molar-refractivity contribution in [1.29, 1.82) is 0 Å². The molecule has 1 fully saturated rings. The van der Waals surface area contributed by atoms with E-state index in [0.717, 1.165) is 31.0 Å². The Morgan fingerprint density at radius 3 is 2.26 bits per heavy atom. The summed E-state index contributed by atoms with van der Waals surface area (Å²) in [6, 6.07) is 0.143. The average molecular weight is 335 g/mol. The Labute approximate surface area is 125 Å². The van der Waals surface area contributed by atoms with Gasteiger partial charge in [0.25, 0.3) is 0 Å². The summed E-state index contributed by atoms with van der Waals surface area (Å²) in [7, 11) is 0. The normalized spacial score (nSPS) is 23.3. The standard InChI is InChI=1S/C14H27BrN2O2/c1-13(2)9-11(10-14(3,4)17(13)19)16-12(18)7-5-6-8-15/h11,19H,5-10H2,1-4H3,(H,16,18). The minimum Gasteiger partial charge on any atom is -0.353 e. The Bertz CT molecular complexity index is 301. The van der Waals surface area contributed by atoms with Crippen LogP contribution in [0.4, 0.5) is 0 Å². The van der Waals surface area contributed by atoms with Crippen molar-refractivity contribution in [2.45, 2.75) is 76.9 Å². The van der Waals surface area contributed by atoms with Gasteiger partial charge in [0.15, 0.2) is 0 Å². The molecule has 0 unspecified atom stereocenters. The lowest BCUT2D eigenvalue weighted by atomic mass is 9.79. The third-order valence-electron chi connectivity index (χ3n) is 3.79. The number of carbonyl (C=O) groups excluding carboxylic acids is 1. The molecule has 0 aromatic rings. The van der Waals surface area contributed by atoms with Crippen LogP contribution < -0.4 is 5.32 Å². The Balaban J connectivity index is 2.53. The van der Waals surface area contributed by atoms with Gasteiger partial charge in [0, 0.05) is 28.9 Å². The first kappa shape index (κ1) is 16.9. The third kappa shape index (κ3) is 4.72. The molecule has 5 heteroatoms. The zero-order chi connectivity index (χ0) is 14.7. The number of nitrogens with one attached hydrogen (secondary N) is 1. The van der Waals surface area contributed by atoms with Crippen LogP contribution in [0.5, 0.6) is 0 Å². The van der Waals surface area contributed by atoms with Crippen LogP contribution in [0, 0.1) is 0 Å². The van der Waals surface area contributed by atoms with Crippen molar-refractivity contribution in [3.05, 3.63) is 0 Å². The molecule has 1 amide bonds. The summed E-state index contributed by atoms with van der Waals surface area (Å²) in [5.74, 6) is 0.129. The number of rotatable bonds is 5. The molecule has 0 aromatic heterocycles. The van der Waals surface area contributed by atoms with Crippen LogP contribution in [0.2, 0.25) is 0 Å². The Hall–Kier alpha value is -0.130. The number of hydrogen-bond acceptors (Lipinski definition) is 3. The van der Waals surface area contributed by atoms with Crippen molar-refractivity contribution in [1.82, 2.24) is 10.4 Å². The second-order valence-electron chi connectivity index (χ2n) is 6.76. The Morgan fingerprint density at radius 1 is 1.26 bits per heavy atom. The van der Waals surface area contributed by atoms with E-state index in [2.05, 4.69) is 21.2 Å². The molecule has 0 spiro atoms. The summed E-state index contributed by atoms with van der Waals surface area (Å²) < 4.78 is 0. The third-order valence-corrected chi connectivity index (χ3v) is 4.35. The van der Waals surface area contributed by atoms with Crippen molar-refractivity contribution in [2.75, 3.05) is 5.33 Å². The molecule has 1 rings (SSSR count). The number of carbonyl (C=O) groups is 1. The molecule has 2 N–H and O–H groups in total. The highest BCUT2D eigenvalue weighted by atomic mass is 79.9. The molecule has 4 nitrogen and oxygen atoms in total. The Morgan fingerprint density at radius 2 is 1.79 bits per heavy atom. The first-order chi connectivity index (χ1) is 8.69. The van der Waals surface area contributed by atoms with E-state index in [-0.39, 0.29) is 23.0 Å². The summed E-state index contributed by atoms with van der Waals surface area (Å²) >= 11 is 3.37. The first-order valence-electron chi connectivity index (χ1n) is 7.03. The van der Waals surface area contributed by atoms with Crippen LogP contribution in [0.1, 0.15) is 59.8 Å². The van der Waals surface area contributed by atoms with E-state index in [1.165, 1.54) is 5.06 Å². The van der Waals surface area contributed by atoms with Gasteiger partial charge in [-0.1, -0.05) is 15.9 Å². The lowest BCUT2D eigenvalue weighted by molar-refractivity contribution is -0.246. The van der Waals surface area contributed by atoms with E-state index >= 15 is 0 Å². The van der Waals surface area contributed by atoms with Crippen LogP contribution in [0.25, 0.3) is 0 Å². The van der Waals surface area contributed by atoms with E-state index in [9.17, 15) is 10.0 Å². The van der Waals surface area contributed by atoms with Gasteiger partial charge in [-0.25, -0.2) is 0 Å². The van der Waals surface area contributed by atoms with Crippen molar-refractivity contribution in [2.24, 2.45) is 0 Å². The maximum Gasteiger partial charge on any atom is 0.220 e. The topological polar surface area (TPSA) is 52.6 Å². The predicted octanol–water partition coefficient (Wildman–Crippen LogP) is 3.08. The van der Waals surface area contributed by atoms with Gasteiger partial charge in [-0.15, -0.1) is 0 Å². The number of amides is 1. The average Bonchev–Trinajstić information content (AvgIpc) is 2.25. The second-order valence-corrected chi connectivity index (χ2v) is 7.55. The summed E-state index contributed by atoms with van der Waals surface area (Å²) in [4.78, 5) is 11.9. The number of nitrogens with zero attached hydrogens (tertiary/aromatic N) is 1. The van der Waals surface area contributed by atoms with E-state index in [1.807, 2.05) is 27.7 Å². The van der Waals surface area contributed by atoms with Crippen molar-refractivity contribution >= 4 is 21.8 Å². The van der Waals surface area contributed by atoms with E-state index in [4.69, 9.17) is 0 Å². The van der Waals surface area contributed by atoms with Crippen LogP contribution in [0.3, 0.4) is 0 Å². The smallest absolute Gasteiger partial charge is 0.220 e. The van der Waals surface area contributed by atoms with Gasteiger partial charge in [-0.05, 0) is 53.4 Å². The van der Waals surface area contributed by atoms with Crippen LogP contribution >= 0.6 is 15.9 Å². The highest BCUT2D eigenvalue weighted by Crippen LogP contribution is 2.36. The number of unbranched alkanes of at least 4 members (excludes halogenated alkanes) is 1. The molecule has 1 aliphatic rings. The molecule has 0 aliphatic carbocycles. The molecule has 1 heterocycles. The van der Waals surface area contributed by atoms with Gasteiger partial charge in [0.05, 0.1) is 0 Å². The molecule has 0 radical (unpaired) electrons. The monoisotopic (exact) mass is 334 g/mol. The van der Waals surface area contributed by atoms with Gasteiger partial charge in [-0.3, -0.25) is 4.79 Å². The molecular formula is C14H27BrN2O2. The number of piperidine rings is 1. The van der Waals surface area contributed by atoms with E-state index in [0.29, 0.717) is 6.42 Å². The first-order valence-corrected chi connectivity index (χ1v) is 8.16. The predicted molar refractivity (Wildman–Crippen MR) is 80.6 cm³/mol. The van der Waals surface area contributed by atoms with E-state index in [1.54, 1.807) is 0 Å². The van der Waals surface area contributed by atoms with Crippen LogP contribution in [0.15, 0.2) is 0 Å². The molecule has 0 atom stereocenters. The largest absolute Gasteiger partial charge is 0.353 e. The van der Waals surface area contributed by atoms with Gasteiger partial charge >= 0.3 is 0 Å².